The highest BCUT2D eigenvalue weighted by atomic mass is 79.9. The van der Waals surface area contributed by atoms with Crippen molar-refractivity contribution in [1.29, 1.82) is 0 Å². The molecule has 96 valence electrons. The van der Waals surface area contributed by atoms with E-state index in [0.29, 0.717) is 12.4 Å². The summed E-state index contributed by atoms with van der Waals surface area (Å²) in [6.45, 7) is 2.16. The summed E-state index contributed by atoms with van der Waals surface area (Å²) in [7, 11) is 1.87. The van der Waals surface area contributed by atoms with Crippen molar-refractivity contribution in [3.8, 4) is 5.75 Å². The van der Waals surface area contributed by atoms with E-state index in [1.54, 1.807) is 17.8 Å². The molecule has 18 heavy (non-hydrogen) atoms. The number of ether oxygens (including phenoxy) is 1. The maximum atomic E-state index is 9.71. The molecule has 0 bridgehead atoms. The molecule has 0 aliphatic rings. The fourth-order valence-corrected chi connectivity index (χ4v) is 2.06. The first-order chi connectivity index (χ1) is 8.56. The van der Waals surface area contributed by atoms with Gasteiger partial charge in [0.1, 0.15) is 12.4 Å². The molecule has 1 N–H and O–H groups in total. The molecule has 0 aliphatic heterocycles. The Hall–Kier alpha value is -1.33. The zero-order valence-electron chi connectivity index (χ0n) is 10.3. The van der Waals surface area contributed by atoms with Crippen molar-refractivity contribution in [2.45, 2.75) is 19.6 Å². The highest BCUT2D eigenvalue weighted by Gasteiger charge is 2.10. The third kappa shape index (κ3) is 3.11. The van der Waals surface area contributed by atoms with Gasteiger partial charge >= 0.3 is 0 Å². The van der Waals surface area contributed by atoms with Crippen LogP contribution in [0, 0.1) is 0 Å². The molecule has 1 atom stereocenters. The number of aliphatic hydroxyl groups excluding tert-OH is 1. The maximum absolute atomic E-state index is 9.71. The zero-order chi connectivity index (χ0) is 13.1. The van der Waals surface area contributed by atoms with Crippen LogP contribution in [0.5, 0.6) is 5.75 Å². The highest BCUT2D eigenvalue weighted by molar-refractivity contribution is 9.10. The van der Waals surface area contributed by atoms with Crippen LogP contribution in [0.2, 0.25) is 0 Å². The molecule has 1 aromatic heterocycles. The molecule has 0 unspecified atom stereocenters. The topological polar surface area (TPSA) is 47.3 Å². The third-order valence-electron chi connectivity index (χ3n) is 2.57. The second kappa shape index (κ2) is 5.54. The van der Waals surface area contributed by atoms with E-state index in [9.17, 15) is 5.11 Å². The molecule has 1 aromatic carbocycles. The largest absolute Gasteiger partial charge is 0.488 e. The Morgan fingerprint density at radius 1 is 1.50 bits per heavy atom. The summed E-state index contributed by atoms with van der Waals surface area (Å²) >= 11 is 3.38. The molecule has 0 saturated carbocycles. The minimum atomic E-state index is -0.564. The van der Waals surface area contributed by atoms with Gasteiger partial charge in [-0.3, -0.25) is 4.68 Å². The predicted molar refractivity (Wildman–Crippen MR) is 72.3 cm³/mol. The first-order valence-electron chi connectivity index (χ1n) is 5.64. The minimum absolute atomic E-state index is 0.440. The fraction of sp³-hybridized carbons (Fsp3) is 0.308. The number of aliphatic hydroxyl groups is 1. The predicted octanol–water partition coefficient (Wildman–Crippen LogP) is 2.81. The summed E-state index contributed by atoms with van der Waals surface area (Å²) in [5, 5.41) is 13.8. The van der Waals surface area contributed by atoms with E-state index in [-0.39, 0.29) is 0 Å². The van der Waals surface area contributed by atoms with Gasteiger partial charge in [-0.2, -0.15) is 5.10 Å². The molecule has 2 rings (SSSR count). The van der Waals surface area contributed by atoms with Crippen molar-refractivity contribution in [2.75, 3.05) is 0 Å². The van der Waals surface area contributed by atoms with Crippen LogP contribution < -0.4 is 4.74 Å². The number of hydrogen-bond acceptors (Lipinski definition) is 3. The second-order valence-electron chi connectivity index (χ2n) is 4.17. The summed E-state index contributed by atoms with van der Waals surface area (Å²) in [5.41, 5.74) is 1.77. The Morgan fingerprint density at radius 2 is 2.28 bits per heavy atom. The van der Waals surface area contributed by atoms with E-state index >= 15 is 0 Å². The normalized spacial score (nSPS) is 12.4. The van der Waals surface area contributed by atoms with Crippen LogP contribution in [0.3, 0.4) is 0 Å². The van der Waals surface area contributed by atoms with Gasteiger partial charge in [-0.05, 0) is 25.1 Å². The van der Waals surface area contributed by atoms with Crippen LogP contribution in [0.25, 0.3) is 0 Å². The average molecular weight is 311 g/mol. The smallest absolute Gasteiger partial charge is 0.125 e. The minimum Gasteiger partial charge on any atom is -0.488 e. The third-order valence-corrected chi connectivity index (χ3v) is 3.07. The van der Waals surface area contributed by atoms with Gasteiger partial charge in [0.2, 0.25) is 0 Å². The van der Waals surface area contributed by atoms with Gasteiger partial charge in [0.15, 0.2) is 0 Å². The molecule has 2 aromatic rings. The van der Waals surface area contributed by atoms with Crippen molar-refractivity contribution in [1.82, 2.24) is 9.78 Å². The zero-order valence-corrected chi connectivity index (χ0v) is 11.9. The molecule has 0 radical (unpaired) electrons. The Labute approximate surface area is 114 Å². The first-order valence-corrected chi connectivity index (χ1v) is 6.43. The van der Waals surface area contributed by atoms with Gasteiger partial charge in [-0.1, -0.05) is 15.9 Å². The molecule has 5 heteroatoms. The summed E-state index contributed by atoms with van der Waals surface area (Å²) in [5.74, 6) is 0.692. The molecule has 0 amide bonds. The highest BCUT2D eigenvalue weighted by Crippen LogP contribution is 2.29. The van der Waals surface area contributed by atoms with Gasteiger partial charge < -0.3 is 9.84 Å². The van der Waals surface area contributed by atoms with Gasteiger partial charge in [-0.15, -0.1) is 0 Å². The van der Waals surface area contributed by atoms with E-state index in [2.05, 4.69) is 21.0 Å². The number of aryl methyl sites for hydroxylation is 1. The van der Waals surface area contributed by atoms with Crippen molar-refractivity contribution >= 4 is 15.9 Å². The molecule has 0 spiro atoms. The Balaban J connectivity index is 2.13. The van der Waals surface area contributed by atoms with Crippen LogP contribution in [0.1, 0.15) is 24.2 Å². The maximum Gasteiger partial charge on any atom is 0.125 e. The lowest BCUT2D eigenvalue weighted by molar-refractivity contribution is 0.190. The molecule has 0 fully saturated rings. The standard InChI is InChI=1S/C13H15BrN2O2/c1-9(17)12-5-11(14)3-4-13(12)18-8-10-6-15-16(2)7-10/h3-7,9,17H,8H2,1-2H3/t9-/m0/s1. The van der Waals surface area contributed by atoms with Crippen molar-refractivity contribution in [3.63, 3.8) is 0 Å². The number of rotatable bonds is 4. The van der Waals surface area contributed by atoms with Crippen LogP contribution >= 0.6 is 15.9 Å². The van der Waals surface area contributed by atoms with Crippen molar-refractivity contribution in [2.24, 2.45) is 7.05 Å². The summed E-state index contributed by atoms with van der Waals surface area (Å²) in [4.78, 5) is 0. The summed E-state index contributed by atoms with van der Waals surface area (Å²) in [6, 6.07) is 5.61. The Bertz CT molecular complexity index is 538. The van der Waals surface area contributed by atoms with Crippen LogP contribution in [0.15, 0.2) is 35.1 Å². The summed E-state index contributed by atoms with van der Waals surface area (Å²) in [6.07, 6.45) is 3.10. The molecule has 4 nitrogen and oxygen atoms in total. The number of halogens is 1. The SMILES string of the molecule is C[C@H](O)c1cc(Br)ccc1OCc1cnn(C)c1. The van der Waals surface area contributed by atoms with Crippen molar-refractivity contribution < 1.29 is 9.84 Å². The van der Waals surface area contributed by atoms with Gasteiger partial charge in [0.05, 0.1) is 12.3 Å². The van der Waals surface area contributed by atoms with E-state index < -0.39 is 6.10 Å². The van der Waals surface area contributed by atoms with Gasteiger partial charge in [0.25, 0.3) is 0 Å². The van der Waals surface area contributed by atoms with Crippen LogP contribution in [-0.2, 0) is 13.7 Å². The number of hydrogen-bond donors (Lipinski definition) is 1. The lowest BCUT2D eigenvalue weighted by Gasteiger charge is -2.13. The molecule has 1 heterocycles. The monoisotopic (exact) mass is 310 g/mol. The molecular weight excluding hydrogens is 296 g/mol. The van der Waals surface area contributed by atoms with Gasteiger partial charge in [-0.25, -0.2) is 0 Å². The lowest BCUT2D eigenvalue weighted by Crippen LogP contribution is -2.00. The van der Waals surface area contributed by atoms with Crippen LogP contribution in [0.4, 0.5) is 0 Å². The number of nitrogens with zero attached hydrogens (tertiary/aromatic N) is 2. The summed E-state index contributed by atoms with van der Waals surface area (Å²) < 4.78 is 8.37. The quantitative estimate of drug-likeness (QED) is 0.944. The lowest BCUT2D eigenvalue weighted by atomic mass is 10.1. The van der Waals surface area contributed by atoms with Gasteiger partial charge in [0, 0.05) is 28.8 Å². The van der Waals surface area contributed by atoms with E-state index in [1.807, 2.05) is 31.4 Å². The Kier molecular flexibility index (Phi) is 4.04. The van der Waals surface area contributed by atoms with E-state index in [4.69, 9.17) is 4.74 Å². The van der Waals surface area contributed by atoms with E-state index in [1.165, 1.54) is 0 Å². The fourth-order valence-electron chi connectivity index (χ4n) is 1.68. The molecule has 0 aliphatic carbocycles. The molecular formula is C13H15BrN2O2. The van der Waals surface area contributed by atoms with Crippen molar-refractivity contribution in [3.05, 3.63) is 46.2 Å². The number of aromatic nitrogens is 2. The second-order valence-corrected chi connectivity index (χ2v) is 5.08. The van der Waals surface area contributed by atoms with Crippen LogP contribution in [-0.4, -0.2) is 14.9 Å². The number of benzene rings is 1. The Morgan fingerprint density at radius 3 is 2.89 bits per heavy atom. The first kappa shape index (κ1) is 13.1. The van der Waals surface area contributed by atoms with E-state index in [0.717, 1.165) is 15.6 Å². The average Bonchev–Trinajstić information content (AvgIpc) is 2.73. The molecule has 0 saturated heterocycles.